The molecule has 0 aliphatic carbocycles. The van der Waals surface area contributed by atoms with Crippen molar-refractivity contribution >= 4 is 11.9 Å². The number of hydrogen-bond donors (Lipinski definition) is 2. The van der Waals surface area contributed by atoms with E-state index in [0.717, 1.165) is 67.6 Å². The van der Waals surface area contributed by atoms with Gasteiger partial charge >= 0.3 is 0 Å². The fraction of sp³-hybridized carbons (Fsp3) is 0.632. The average molecular weight is 361 g/mol. The number of hydrogen-bond acceptors (Lipinski definition) is 4. The lowest BCUT2D eigenvalue weighted by Crippen LogP contribution is -2.39. The molecule has 1 amide bonds. The van der Waals surface area contributed by atoms with Crippen LogP contribution in [0.25, 0.3) is 0 Å². The van der Waals surface area contributed by atoms with Crippen molar-refractivity contribution in [2.24, 2.45) is 4.99 Å². The number of carbonyl (C=O) groups is 1. The molecule has 0 atom stereocenters. The van der Waals surface area contributed by atoms with Crippen LogP contribution in [0.3, 0.4) is 0 Å². The van der Waals surface area contributed by atoms with Gasteiger partial charge in [0, 0.05) is 49.9 Å². The zero-order chi connectivity index (χ0) is 18.9. The first-order valence-corrected chi connectivity index (χ1v) is 9.35. The predicted molar refractivity (Wildman–Crippen MR) is 104 cm³/mol. The predicted octanol–water partition coefficient (Wildman–Crippen LogP) is 1.77. The second kappa shape index (κ2) is 9.99. The van der Waals surface area contributed by atoms with Gasteiger partial charge in [0.1, 0.15) is 5.75 Å². The van der Waals surface area contributed by atoms with Gasteiger partial charge in [-0.15, -0.1) is 0 Å². The van der Waals surface area contributed by atoms with Crippen molar-refractivity contribution in [1.82, 2.24) is 20.5 Å². The summed E-state index contributed by atoms with van der Waals surface area (Å²) in [5, 5.41) is 6.58. The fourth-order valence-electron chi connectivity index (χ4n) is 3.14. The van der Waals surface area contributed by atoms with Crippen LogP contribution >= 0.6 is 0 Å². The van der Waals surface area contributed by atoms with Gasteiger partial charge in [-0.2, -0.15) is 0 Å². The first-order valence-electron chi connectivity index (χ1n) is 9.35. The monoisotopic (exact) mass is 361 g/mol. The van der Waals surface area contributed by atoms with E-state index in [1.54, 1.807) is 7.11 Å². The highest BCUT2D eigenvalue weighted by Gasteiger charge is 2.18. The van der Waals surface area contributed by atoms with E-state index in [0.29, 0.717) is 13.0 Å². The molecule has 0 unspecified atom stereocenters. The zero-order valence-corrected chi connectivity index (χ0v) is 16.4. The number of aliphatic imine (C=N–C) groups is 1. The molecule has 2 heterocycles. The standard InChI is InChI=1S/C19H31N5O2/c1-5-20-19(21-9-7-11-24-10-6-8-17(24)25)23-13-16-15(3)18(26-4)14(2)12-22-16/h12H,5-11,13H2,1-4H3,(H2,20,21,23). The van der Waals surface area contributed by atoms with Crippen LogP contribution in [0.15, 0.2) is 11.2 Å². The van der Waals surface area contributed by atoms with Crippen LogP contribution in [0.1, 0.15) is 43.0 Å². The van der Waals surface area contributed by atoms with Crippen molar-refractivity contribution in [2.45, 2.75) is 46.6 Å². The van der Waals surface area contributed by atoms with Crippen LogP contribution in [0, 0.1) is 13.8 Å². The summed E-state index contributed by atoms with van der Waals surface area (Å²) < 4.78 is 5.46. The minimum Gasteiger partial charge on any atom is -0.496 e. The quantitative estimate of drug-likeness (QED) is 0.419. The highest BCUT2D eigenvalue weighted by atomic mass is 16.5. The molecule has 1 aromatic heterocycles. The first kappa shape index (κ1) is 20.0. The molecule has 1 aliphatic rings. The molecule has 144 valence electrons. The summed E-state index contributed by atoms with van der Waals surface area (Å²) in [4.78, 5) is 22.7. The number of rotatable bonds is 8. The van der Waals surface area contributed by atoms with E-state index in [1.807, 2.05) is 31.9 Å². The van der Waals surface area contributed by atoms with Crippen LogP contribution in [-0.2, 0) is 11.3 Å². The number of amides is 1. The van der Waals surface area contributed by atoms with Crippen LogP contribution in [0.4, 0.5) is 0 Å². The Morgan fingerprint density at radius 1 is 1.38 bits per heavy atom. The number of likely N-dealkylation sites (tertiary alicyclic amines) is 1. The summed E-state index contributed by atoms with van der Waals surface area (Å²) in [6.45, 7) is 9.80. The summed E-state index contributed by atoms with van der Waals surface area (Å²) in [6, 6.07) is 0. The van der Waals surface area contributed by atoms with E-state index >= 15 is 0 Å². The number of pyridine rings is 1. The van der Waals surface area contributed by atoms with Crippen molar-refractivity contribution in [3.05, 3.63) is 23.0 Å². The molecule has 0 radical (unpaired) electrons. The first-order chi connectivity index (χ1) is 12.6. The topological polar surface area (TPSA) is 78.9 Å². The summed E-state index contributed by atoms with van der Waals surface area (Å²) >= 11 is 0. The van der Waals surface area contributed by atoms with Crippen LogP contribution in [0.5, 0.6) is 5.75 Å². The van der Waals surface area contributed by atoms with Crippen LogP contribution < -0.4 is 15.4 Å². The Morgan fingerprint density at radius 2 is 2.19 bits per heavy atom. The zero-order valence-electron chi connectivity index (χ0n) is 16.4. The smallest absolute Gasteiger partial charge is 0.222 e. The fourth-order valence-corrected chi connectivity index (χ4v) is 3.14. The number of aromatic nitrogens is 1. The van der Waals surface area contributed by atoms with Gasteiger partial charge in [-0.3, -0.25) is 9.78 Å². The number of carbonyl (C=O) groups excluding carboxylic acids is 1. The summed E-state index contributed by atoms with van der Waals surface area (Å²) in [5.41, 5.74) is 2.96. The van der Waals surface area contributed by atoms with Gasteiger partial charge in [0.15, 0.2) is 5.96 Å². The van der Waals surface area contributed by atoms with Gasteiger partial charge in [-0.1, -0.05) is 0 Å². The second-order valence-corrected chi connectivity index (χ2v) is 6.51. The van der Waals surface area contributed by atoms with Crippen molar-refractivity contribution in [1.29, 1.82) is 0 Å². The molecule has 2 N–H and O–H groups in total. The molecule has 7 heteroatoms. The van der Waals surface area contributed by atoms with Gasteiger partial charge in [-0.05, 0) is 33.6 Å². The average Bonchev–Trinajstić information content (AvgIpc) is 3.03. The molecule has 1 fully saturated rings. The Hall–Kier alpha value is -2.31. The lowest BCUT2D eigenvalue weighted by atomic mass is 10.1. The summed E-state index contributed by atoms with van der Waals surface area (Å²) in [7, 11) is 1.68. The summed E-state index contributed by atoms with van der Waals surface area (Å²) in [6.07, 6.45) is 4.42. The Morgan fingerprint density at radius 3 is 2.85 bits per heavy atom. The van der Waals surface area contributed by atoms with Crippen molar-refractivity contribution in [2.75, 3.05) is 33.3 Å². The SMILES string of the molecule is CCNC(=NCc1ncc(C)c(OC)c1C)NCCCN1CCCC1=O. The van der Waals surface area contributed by atoms with E-state index in [9.17, 15) is 4.79 Å². The molecule has 1 saturated heterocycles. The summed E-state index contributed by atoms with van der Waals surface area (Å²) in [5.74, 6) is 1.92. The van der Waals surface area contributed by atoms with E-state index in [-0.39, 0.29) is 5.91 Å². The van der Waals surface area contributed by atoms with E-state index < -0.39 is 0 Å². The minimum atomic E-state index is 0.278. The van der Waals surface area contributed by atoms with Crippen molar-refractivity contribution < 1.29 is 9.53 Å². The maximum Gasteiger partial charge on any atom is 0.222 e. The number of nitrogens with one attached hydrogen (secondary N) is 2. The molecular formula is C19H31N5O2. The third-order valence-corrected chi connectivity index (χ3v) is 4.55. The van der Waals surface area contributed by atoms with Gasteiger partial charge < -0.3 is 20.3 Å². The Bertz CT molecular complexity index is 645. The molecule has 1 aromatic rings. The third kappa shape index (κ3) is 5.34. The second-order valence-electron chi connectivity index (χ2n) is 6.51. The minimum absolute atomic E-state index is 0.278. The van der Waals surface area contributed by atoms with E-state index in [1.165, 1.54) is 0 Å². The van der Waals surface area contributed by atoms with E-state index in [2.05, 4.69) is 20.6 Å². The lowest BCUT2D eigenvalue weighted by molar-refractivity contribution is -0.127. The third-order valence-electron chi connectivity index (χ3n) is 4.55. The molecule has 0 bridgehead atoms. The normalized spacial score (nSPS) is 14.7. The van der Waals surface area contributed by atoms with Crippen molar-refractivity contribution in [3.63, 3.8) is 0 Å². The largest absolute Gasteiger partial charge is 0.496 e. The van der Waals surface area contributed by atoms with Crippen LogP contribution in [0.2, 0.25) is 0 Å². The Kier molecular flexibility index (Phi) is 7.69. The molecule has 1 aliphatic heterocycles. The Labute approximate surface area is 156 Å². The highest BCUT2D eigenvalue weighted by molar-refractivity contribution is 5.79. The number of aryl methyl sites for hydroxylation is 1. The lowest BCUT2D eigenvalue weighted by Gasteiger charge is -2.16. The molecule has 0 spiro atoms. The Balaban J connectivity index is 1.89. The maximum atomic E-state index is 11.6. The van der Waals surface area contributed by atoms with Gasteiger partial charge in [-0.25, -0.2) is 4.99 Å². The van der Waals surface area contributed by atoms with Crippen LogP contribution in [-0.4, -0.2) is 55.0 Å². The van der Waals surface area contributed by atoms with E-state index in [4.69, 9.17) is 4.74 Å². The molecule has 2 rings (SSSR count). The van der Waals surface area contributed by atoms with Gasteiger partial charge in [0.25, 0.3) is 0 Å². The number of methoxy groups -OCH3 is 1. The molecule has 7 nitrogen and oxygen atoms in total. The highest BCUT2D eigenvalue weighted by Crippen LogP contribution is 2.24. The van der Waals surface area contributed by atoms with Gasteiger partial charge in [0.05, 0.1) is 19.3 Å². The van der Waals surface area contributed by atoms with Gasteiger partial charge in [0.2, 0.25) is 5.91 Å². The molecule has 0 aromatic carbocycles. The van der Waals surface area contributed by atoms with Crippen molar-refractivity contribution in [3.8, 4) is 5.75 Å². The number of guanidine groups is 1. The molecular weight excluding hydrogens is 330 g/mol. The molecule has 0 saturated carbocycles. The maximum absolute atomic E-state index is 11.6. The molecule has 26 heavy (non-hydrogen) atoms. The number of nitrogens with zero attached hydrogens (tertiary/aromatic N) is 3. The number of ether oxygens (including phenoxy) is 1.